The lowest BCUT2D eigenvalue weighted by molar-refractivity contribution is 0.0937. The predicted molar refractivity (Wildman–Crippen MR) is 91.4 cm³/mol. The average molecular weight is 325 g/mol. The average Bonchev–Trinajstić information content (AvgIpc) is 3.10. The number of pyridine rings is 1. The first-order valence-corrected chi connectivity index (χ1v) is 8.32. The summed E-state index contributed by atoms with van der Waals surface area (Å²) in [5.41, 5.74) is 1.29. The minimum atomic E-state index is -0.315. The Morgan fingerprint density at radius 2 is 2.08 bits per heavy atom. The van der Waals surface area contributed by atoms with Crippen LogP contribution in [0.15, 0.2) is 49.1 Å². The van der Waals surface area contributed by atoms with Crippen LogP contribution in [0.1, 0.15) is 18.4 Å². The van der Waals surface area contributed by atoms with E-state index in [-0.39, 0.29) is 11.9 Å². The van der Waals surface area contributed by atoms with E-state index in [2.05, 4.69) is 20.9 Å². The minimum Gasteiger partial charge on any atom is -0.487 e. The number of aromatic amines is 1. The van der Waals surface area contributed by atoms with Crippen LogP contribution in [-0.2, 0) is 6.54 Å². The van der Waals surface area contributed by atoms with Crippen molar-refractivity contribution < 1.29 is 9.13 Å². The summed E-state index contributed by atoms with van der Waals surface area (Å²) in [6.45, 7) is 2.89. The number of nitrogens with one attached hydrogen (secondary N) is 1. The van der Waals surface area contributed by atoms with E-state index in [1.807, 2.05) is 18.5 Å². The standard InChI is InChI=1S/C19H20FN3O/c20-18-9-16-12-22-6-2-15(16)10-19(18)24-17-3-7-23(8-4-17)13-14-1-5-21-11-14/h1-2,5-6,9-12,17,21H,3-4,7-8,13H2. The van der Waals surface area contributed by atoms with Gasteiger partial charge in [0.25, 0.3) is 0 Å². The molecule has 0 atom stereocenters. The predicted octanol–water partition coefficient (Wildman–Crippen LogP) is 3.75. The van der Waals surface area contributed by atoms with E-state index >= 15 is 0 Å². The highest BCUT2D eigenvalue weighted by molar-refractivity contribution is 5.83. The molecule has 0 aliphatic carbocycles. The van der Waals surface area contributed by atoms with E-state index in [1.165, 1.54) is 11.6 Å². The van der Waals surface area contributed by atoms with Crippen LogP contribution in [0.3, 0.4) is 0 Å². The van der Waals surface area contributed by atoms with Gasteiger partial charge in [0.1, 0.15) is 6.10 Å². The van der Waals surface area contributed by atoms with Gasteiger partial charge in [-0.2, -0.15) is 0 Å². The summed E-state index contributed by atoms with van der Waals surface area (Å²) in [4.78, 5) is 9.52. The maximum Gasteiger partial charge on any atom is 0.165 e. The molecule has 0 saturated carbocycles. The molecular formula is C19H20FN3O. The SMILES string of the molecule is Fc1cc2cnccc2cc1OC1CCN(Cc2cc[nH]c2)CC1. The third kappa shape index (κ3) is 3.26. The Morgan fingerprint density at radius 1 is 1.21 bits per heavy atom. The minimum absolute atomic E-state index is 0.0706. The smallest absolute Gasteiger partial charge is 0.165 e. The van der Waals surface area contributed by atoms with Crippen molar-refractivity contribution in [3.8, 4) is 5.75 Å². The lowest BCUT2D eigenvalue weighted by Gasteiger charge is -2.32. The summed E-state index contributed by atoms with van der Waals surface area (Å²) in [6.07, 6.45) is 9.26. The number of fused-ring (bicyclic) bond motifs is 1. The molecule has 2 aromatic heterocycles. The maximum atomic E-state index is 14.2. The van der Waals surface area contributed by atoms with E-state index in [1.54, 1.807) is 18.5 Å². The number of hydrogen-bond acceptors (Lipinski definition) is 3. The molecule has 0 amide bonds. The summed E-state index contributed by atoms with van der Waals surface area (Å²) in [7, 11) is 0. The van der Waals surface area contributed by atoms with Gasteiger partial charge in [-0.1, -0.05) is 0 Å². The number of benzene rings is 1. The van der Waals surface area contributed by atoms with Gasteiger partial charge in [-0.25, -0.2) is 4.39 Å². The number of halogens is 1. The van der Waals surface area contributed by atoms with E-state index in [0.717, 1.165) is 43.2 Å². The zero-order chi connectivity index (χ0) is 16.4. The summed E-state index contributed by atoms with van der Waals surface area (Å²) in [5, 5.41) is 1.75. The first-order chi connectivity index (χ1) is 11.8. The van der Waals surface area contributed by atoms with Crippen LogP contribution in [0.4, 0.5) is 4.39 Å². The third-order valence-corrected chi connectivity index (χ3v) is 4.59. The van der Waals surface area contributed by atoms with Crippen molar-refractivity contribution in [2.24, 2.45) is 0 Å². The van der Waals surface area contributed by atoms with Crippen molar-refractivity contribution in [3.63, 3.8) is 0 Å². The zero-order valence-corrected chi connectivity index (χ0v) is 13.4. The van der Waals surface area contributed by atoms with Crippen molar-refractivity contribution in [2.75, 3.05) is 13.1 Å². The molecule has 1 aromatic carbocycles. The summed E-state index contributed by atoms with van der Waals surface area (Å²) in [6, 6.07) is 7.25. The lowest BCUT2D eigenvalue weighted by atomic mass is 10.1. The molecule has 0 unspecified atom stereocenters. The molecule has 1 aliphatic heterocycles. The quantitative estimate of drug-likeness (QED) is 0.794. The molecule has 3 heterocycles. The van der Waals surface area contributed by atoms with E-state index < -0.39 is 0 Å². The van der Waals surface area contributed by atoms with Crippen molar-refractivity contribution >= 4 is 10.8 Å². The number of likely N-dealkylation sites (tertiary alicyclic amines) is 1. The number of nitrogens with zero attached hydrogens (tertiary/aromatic N) is 2. The molecule has 4 nitrogen and oxygen atoms in total. The normalized spacial score (nSPS) is 16.5. The number of rotatable bonds is 4. The fourth-order valence-electron chi connectivity index (χ4n) is 3.26. The van der Waals surface area contributed by atoms with Gasteiger partial charge in [-0.3, -0.25) is 9.88 Å². The number of hydrogen-bond donors (Lipinski definition) is 1. The molecule has 4 rings (SSSR count). The van der Waals surface area contributed by atoms with Crippen LogP contribution in [0.2, 0.25) is 0 Å². The first kappa shape index (κ1) is 15.1. The summed E-state index contributed by atoms with van der Waals surface area (Å²) < 4.78 is 20.2. The fraction of sp³-hybridized carbons (Fsp3) is 0.316. The topological polar surface area (TPSA) is 41.1 Å². The Morgan fingerprint density at radius 3 is 2.88 bits per heavy atom. The van der Waals surface area contributed by atoms with Gasteiger partial charge in [0, 0.05) is 49.8 Å². The highest BCUT2D eigenvalue weighted by Crippen LogP contribution is 2.27. The van der Waals surface area contributed by atoms with Crippen LogP contribution in [-0.4, -0.2) is 34.1 Å². The van der Waals surface area contributed by atoms with Gasteiger partial charge < -0.3 is 9.72 Å². The largest absolute Gasteiger partial charge is 0.487 e. The number of aromatic nitrogens is 2. The highest BCUT2D eigenvalue weighted by Gasteiger charge is 2.22. The molecular weight excluding hydrogens is 305 g/mol. The van der Waals surface area contributed by atoms with Gasteiger partial charge in [-0.15, -0.1) is 0 Å². The van der Waals surface area contributed by atoms with Gasteiger partial charge >= 0.3 is 0 Å². The number of ether oxygens (including phenoxy) is 1. The molecule has 0 spiro atoms. The molecule has 5 heteroatoms. The van der Waals surface area contributed by atoms with Crippen LogP contribution in [0.5, 0.6) is 5.75 Å². The maximum absolute atomic E-state index is 14.2. The van der Waals surface area contributed by atoms with Crippen LogP contribution >= 0.6 is 0 Å². The van der Waals surface area contributed by atoms with E-state index in [0.29, 0.717) is 5.75 Å². The number of piperidine rings is 1. The molecule has 24 heavy (non-hydrogen) atoms. The van der Waals surface area contributed by atoms with E-state index in [9.17, 15) is 4.39 Å². The second kappa shape index (κ2) is 6.61. The first-order valence-electron chi connectivity index (χ1n) is 8.32. The molecule has 0 radical (unpaired) electrons. The van der Waals surface area contributed by atoms with E-state index in [4.69, 9.17) is 4.74 Å². The Hall–Kier alpha value is -2.40. The Labute approximate surface area is 140 Å². The van der Waals surface area contributed by atoms with Crippen LogP contribution < -0.4 is 4.74 Å². The van der Waals surface area contributed by atoms with Crippen molar-refractivity contribution in [3.05, 3.63) is 60.4 Å². The lowest BCUT2D eigenvalue weighted by Crippen LogP contribution is -2.37. The molecule has 1 saturated heterocycles. The fourth-order valence-corrected chi connectivity index (χ4v) is 3.26. The monoisotopic (exact) mass is 325 g/mol. The van der Waals surface area contributed by atoms with Crippen molar-refractivity contribution in [1.29, 1.82) is 0 Å². The number of H-pyrrole nitrogens is 1. The second-order valence-electron chi connectivity index (χ2n) is 6.32. The molecule has 1 fully saturated rings. The zero-order valence-electron chi connectivity index (χ0n) is 13.4. The summed E-state index contributed by atoms with van der Waals surface area (Å²) in [5.74, 6) is 0.0306. The van der Waals surface area contributed by atoms with Crippen LogP contribution in [0, 0.1) is 5.82 Å². The van der Waals surface area contributed by atoms with Crippen molar-refractivity contribution in [2.45, 2.75) is 25.5 Å². The molecule has 0 bridgehead atoms. The van der Waals surface area contributed by atoms with Gasteiger partial charge in [0.2, 0.25) is 0 Å². The van der Waals surface area contributed by atoms with Gasteiger partial charge in [0.05, 0.1) is 0 Å². The molecule has 1 N–H and O–H groups in total. The molecule has 124 valence electrons. The Bertz CT molecular complexity index is 811. The second-order valence-corrected chi connectivity index (χ2v) is 6.32. The molecule has 3 aromatic rings. The van der Waals surface area contributed by atoms with Crippen molar-refractivity contribution in [1.82, 2.24) is 14.9 Å². The third-order valence-electron chi connectivity index (χ3n) is 4.59. The summed E-state index contributed by atoms with van der Waals surface area (Å²) >= 11 is 0. The van der Waals surface area contributed by atoms with Gasteiger partial charge in [-0.05, 0) is 48.1 Å². The van der Waals surface area contributed by atoms with Crippen LogP contribution in [0.25, 0.3) is 10.8 Å². The Kier molecular flexibility index (Phi) is 4.17. The highest BCUT2D eigenvalue weighted by atomic mass is 19.1. The Balaban J connectivity index is 1.39. The van der Waals surface area contributed by atoms with Gasteiger partial charge in [0.15, 0.2) is 11.6 Å². The molecule has 1 aliphatic rings.